The van der Waals surface area contributed by atoms with Gasteiger partial charge in [-0.2, -0.15) is 0 Å². The average Bonchev–Trinajstić information content (AvgIpc) is 2.89. The Labute approximate surface area is 197 Å². The molecule has 1 unspecified atom stereocenters. The standard InChI is InChI=1S/C31H28NP/c1-32(2)33(29-21-13-6-14-22-29)30(26-17-9-4-10-18-26)23-28(25-15-7-3-8-16-25)24-31(33)27-19-11-5-12-20-27/h3-24H,1-2H3. The molecule has 0 saturated heterocycles. The highest BCUT2D eigenvalue weighted by Crippen LogP contribution is 2.64. The molecule has 4 aromatic rings. The van der Waals surface area contributed by atoms with Crippen LogP contribution in [0, 0.1) is 0 Å². The monoisotopic (exact) mass is 445 g/mol. The normalized spacial score (nSPS) is 18.1. The lowest BCUT2D eigenvalue weighted by Gasteiger charge is -2.41. The fourth-order valence-electron chi connectivity index (χ4n) is 4.79. The fraction of sp³-hybridized carbons (Fsp3) is 0.0645. The Bertz CT molecular complexity index is 1350. The summed E-state index contributed by atoms with van der Waals surface area (Å²) in [6.07, 6.45) is 4.86. The molecule has 4 aromatic carbocycles. The lowest BCUT2D eigenvalue weighted by molar-refractivity contribution is 0.687. The van der Waals surface area contributed by atoms with Gasteiger partial charge in [-0.15, -0.1) is 0 Å². The van der Waals surface area contributed by atoms with Crippen molar-refractivity contribution in [2.24, 2.45) is 0 Å². The summed E-state index contributed by atoms with van der Waals surface area (Å²) in [6.45, 7) is 0. The number of rotatable bonds is 5. The zero-order valence-corrected chi connectivity index (χ0v) is 20.0. The average molecular weight is 446 g/mol. The first kappa shape index (κ1) is 21.5. The van der Waals surface area contributed by atoms with Crippen LogP contribution in [-0.2, 0) is 0 Å². The summed E-state index contributed by atoms with van der Waals surface area (Å²) in [4.78, 5) is 0. The predicted octanol–water partition coefficient (Wildman–Crippen LogP) is 7.17. The maximum atomic E-state index is 2.47. The van der Waals surface area contributed by atoms with Gasteiger partial charge in [0.15, 0.2) is 0 Å². The minimum Gasteiger partial charge on any atom is -0.282 e. The Morgan fingerprint density at radius 2 is 0.939 bits per heavy atom. The van der Waals surface area contributed by atoms with E-state index in [9.17, 15) is 0 Å². The van der Waals surface area contributed by atoms with Crippen LogP contribution in [0.1, 0.15) is 16.7 Å². The van der Waals surface area contributed by atoms with Crippen molar-refractivity contribution in [2.75, 3.05) is 14.1 Å². The van der Waals surface area contributed by atoms with Gasteiger partial charge in [0, 0.05) is 17.6 Å². The van der Waals surface area contributed by atoms with Gasteiger partial charge >= 0.3 is 0 Å². The van der Waals surface area contributed by atoms with E-state index in [2.05, 4.69) is 152 Å². The van der Waals surface area contributed by atoms with Crippen molar-refractivity contribution in [3.63, 3.8) is 0 Å². The topological polar surface area (TPSA) is 3.24 Å². The van der Waals surface area contributed by atoms with Crippen LogP contribution >= 0.6 is 7.04 Å². The van der Waals surface area contributed by atoms with Gasteiger partial charge in [-0.25, -0.2) is 0 Å². The van der Waals surface area contributed by atoms with E-state index in [1.165, 1.54) is 38.2 Å². The van der Waals surface area contributed by atoms with Gasteiger partial charge in [-0.05, 0) is 53.8 Å². The van der Waals surface area contributed by atoms with E-state index in [1.807, 2.05) is 0 Å². The quantitative estimate of drug-likeness (QED) is 0.295. The van der Waals surface area contributed by atoms with Crippen molar-refractivity contribution in [3.8, 4) is 0 Å². The van der Waals surface area contributed by atoms with E-state index in [4.69, 9.17) is 0 Å². The summed E-state index contributed by atoms with van der Waals surface area (Å²) in [6, 6.07) is 43.6. The summed E-state index contributed by atoms with van der Waals surface area (Å²) in [5.41, 5.74) is 5.04. The highest BCUT2D eigenvalue weighted by molar-refractivity contribution is 7.90. The Morgan fingerprint density at radius 3 is 1.45 bits per heavy atom. The minimum absolute atomic E-state index is 1.24. The van der Waals surface area contributed by atoms with E-state index < -0.39 is 7.04 Å². The Balaban J connectivity index is 1.97. The summed E-state index contributed by atoms with van der Waals surface area (Å²) in [5.74, 6) is 0. The molecule has 0 amide bonds. The molecule has 1 heterocycles. The first-order valence-corrected chi connectivity index (χ1v) is 13.1. The lowest BCUT2D eigenvalue weighted by atomic mass is 10.0. The van der Waals surface area contributed by atoms with Crippen LogP contribution in [0.3, 0.4) is 0 Å². The van der Waals surface area contributed by atoms with Gasteiger partial charge < -0.3 is 0 Å². The lowest BCUT2D eigenvalue weighted by Crippen LogP contribution is -2.27. The molecule has 0 aromatic heterocycles. The number of nitrogens with zero attached hydrogens (tertiary/aromatic N) is 1. The van der Waals surface area contributed by atoms with E-state index in [0.29, 0.717) is 0 Å². The summed E-state index contributed by atoms with van der Waals surface area (Å²) in [7, 11) is 2.37. The molecule has 1 atom stereocenters. The van der Waals surface area contributed by atoms with Crippen molar-refractivity contribution in [1.82, 2.24) is 4.67 Å². The molecule has 0 N–H and O–H groups in total. The SMILES string of the molecule is CN(C)P1(c2ccccc2)=C(c2ccccc2)C=C(c2ccccc2)C=C1c1ccccc1. The molecule has 1 aliphatic heterocycles. The Morgan fingerprint density at radius 1 is 0.485 bits per heavy atom. The second kappa shape index (κ2) is 9.24. The molecule has 162 valence electrons. The molecule has 0 radical (unpaired) electrons. The van der Waals surface area contributed by atoms with Crippen LogP contribution < -0.4 is 5.30 Å². The fourth-order valence-corrected chi connectivity index (χ4v) is 9.23. The maximum Gasteiger partial charge on any atom is 0.0173 e. The third kappa shape index (κ3) is 3.85. The second-order valence-electron chi connectivity index (χ2n) is 8.43. The second-order valence-corrected chi connectivity index (χ2v) is 12.0. The number of benzene rings is 4. The van der Waals surface area contributed by atoms with Crippen LogP contribution in [0.4, 0.5) is 0 Å². The molecule has 0 fully saturated rings. The van der Waals surface area contributed by atoms with Gasteiger partial charge in [0.2, 0.25) is 0 Å². The van der Waals surface area contributed by atoms with Crippen molar-refractivity contribution in [3.05, 3.63) is 150 Å². The maximum absolute atomic E-state index is 2.47. The smallest absolute Gasteiger partial charge is 0.0173 e. The van der Waals surface area contributed by atoms with Gasteiger partial charge in [0.25, 0.3) is 0 Å². The van der Waals surface area contributed by atoms with Crippen LogP contribution in [-0.4, -0.2) is 24.1 Å². The van der Waals surface area contributed by atoms with E-state index in [1.54, 1.807) is 0 Å². The molecular formula is C31H28NP. The summed E-state index contributed by atoms with van der Waals surface area (Å²) in [5, 5.41) is 4.14. The first-order valence-electron chi connectivity index (χ1n) is 11.3. The molecule has 1 nitrogen and oxygen atoms in total. The van der Waals surface area contributed by atoms with Crippen molar-refractivity contribution >= 4 is 28.5 Å². The molecule has 0 spiro atoms. The Kier molecular flexibility index (Phi) is 6.01. The molecular weight excluding hydrogens is 417 g/mol. The first-order chi connectivity index (χ1) is 16.2. The zero-order chi connectivity index (χ0) is 22.7. The highest BCUT2D eigenvalue weighted by Gasteiger charge is 2.35. The number of allylic oxidation sites excluding steroid dienone is 3. The molecule has 1 aliphatic rings. The molecule has 2 heteroatoms. The third-order valence-corrected chi connectivity index (χ3v) is 10.7. The number of hydrogen-bond acceptors (Lipinski definition) is 1. The van der Waals surface area contributed by atoms with Gasteiger partial charge in [0.1, 0.15) is 0 Å². The van der Waals surface area contributed by atoms with Gasteiger partial charge in [-0.1, -0.05) is 121 Å². The van der Waals surface area contributed by atoms with Crippen molar-refractivity contribution < 1.29 is 0 Å². The van der Waals surface area contributed by atoms with Gasteiger partial charge in [0.05, 0.1) is 0 Å². The van der Waals surface area contributed by atoms with Crippen molar-refractivity contribution in [2.45, 2.75) is 0 Å². The summed E-state index contributed by atoms with van der Waals surface area (Å²) < 4.78 is 2.47. The van der Waals surface area contributed by atoms with E-state index >= 15 is 0 Å². The minimum atomic E-state index is -2.10. The van der Waals surface area contributed by atoms with Crippen LogP contribution in [0.15, 0.2) is 133 Å². The third-order valence-electron chi connectivity index (χ3n) is 6.26. The van der Waals surface area contributed by atoms with E-state index in [-0.39, 0.29) is 0 Å². The van der Waals surface area contributed by atoms with Crippen LogP contribution in [0.25, 0.3) is 10.9 Å². The van der Waals surface area contributed by atoms with E-state index in [0.717, 1.165) is 0 Å². The summed E-state index contributed by atoms with van der Waals surface area (Å²) >= 11 is 0. The predicted molar refractivity (Wildman–Crippen MR) is 146 cm³/mol. The molecule has 0 bridgehead atoms. The van der Waals surface area contributed by atoms with Crippen LogP contribution in [0.5, 0.6) is 0 Å². The largest absolute Gasteiger partial charge is 0.282 e. The molecule has 0 aliphatic carbocycles. The number of hydrogen-bond donors (Lipinski definition) is 0. The Hall–Kier alpha value is -3.38. The zero-order valence-electron chi connectivity index (χ0n) is 19.1. The molecule has 33 heavy (non-hydrogen) atoms. The van der Waals surface area contributed by atoms with Crippen LogP contribution in [0.2, 0.25) is 0 Å². The van der Waals surface area contributed by atoms with Crippen molar-refractivity contribution in [1.29, 1.82) is 0 Å². The molecule has 5 rings (SSSR count). The molecule has 0 saturated carbocycles. The highest BCUT2D eigenvalue weighted by atomic mass is 31.2. The van der Waals surface area contributed by atoms with Gasteiger partial charge in [-0.3, -0.25) is 4.67 Å².